The first kappa shape index (κ1) is 10.8. The number of rotatable bonds is 3. The van der Waals surface area contributed by atoms with E-state index >= 15 is 0 Å². The van der Waals surface area contributed by atoms with Gasteiger partial charge in [0.25, 0.3) is 0 Å². The molecule has 0 aliphatic carbocycles. The summed E-state index contributed by atoms with van der Waals surface area (Å²) in [4.78, 5) is 2.37. The fourth-order valence-corrected chi connectivity index (χ4v) is 2.68. The molecule has 1 saturated heterocycles. The smallest absolute Gasteiger partial charge is 0.205 e. The van der Waals surface area contributed by atoms with Gasteiger partial charge >= 0.3 is 0 Å². The molecule has 0 bridgehead atoms. The molecule has 2 unspecified atom stereocenters. The Morgan fingerprint density at radius 1 is 1.53 bits per heavy atom. The molecule has 2 heterocycles. The summed E-state index contributed by atoms with van der Waals surface area (Å²) in [5.74, 6) is 0. The summed E-state index contributed by atoms with van der Waals surface area (Å²) in [5.41, 5.74) is 0. The summed E-state index contributed by atoms with van der Waals surface area (Å²) < 4.78 is 0. The minimum absolute atomic E-state index is 0.530. The van der Waals surface area contributed by atoms with E-state index < -0.39 is 0 Å². The lowest BCUT2D eigenvalue weighted by molar-refractivity contribution is 0.330. The average Bonchev–Trinajstić information content (AvgIpc) is 2.76. The second kappa shape index (κ2) is 4.45. The molecule has 1 aromatic rings. The lowest BCUT2D eigenvalue weighted by Gasteiger charge is -2.12. The van der Waals surface area contributed by atoms with E-state index in [1.807, 2.05) is 0 Å². The maximum atomic E-state index is 4.14. The fraction of sp³-hybridized carbons (Fsp3) is 0.800. The number of anilines is 1. The second-order valence-corrected chi connectivity index (χ2v) is 5.28. The fourth-order valence-electron chi connectivity index (χ4n) is 1.93. The van der Waals surface area contributed by atoms with Gasteiger partial charge in [-0.05, 0) is 26.8 Å². The third kappa shape index (κ3) is 2.46. The van der Waals surface area contributed by atoms with Gasteiger partial charge in [-0.2, -0.15) is 0 Å². The maximum Gasteiger partial charge on any atom is 0.205 e. The Morgan fingerprint density at radius 2 is 2.33 bits per heavy atom. The van der Waals surface area contributed by atoms with Crippen molar-refractivity contribution in [2.45, 2.75) is 38.8 Å². The van der Waals surface area contributed by atoms with Crippen molar-refractivity contribution in [1.82, 2.24) is 15.1 Å². The average molecular weight is 226 g/mol. The van der Waals surface area contributed by atoms with Gasteiger partial charge in [0.05, 0.1) is 0 Å². The van der Waals surface area contributed by atoms with Crippen molar-refractivity contribution in [2.24, 2.45) is 0 Å². The van der Waals surface area contributed by atoms with Gasteiger partial charge in [-0.1, -0.05) is 18.3 Å². The molecule has 1 aliphatic heterocycles. The number of likely N-dealkylation sites (N-methyl/N-ethyl adjacent to an activating group) is 1. The molecule has 0 amide bonds. The van der Waals surface area contributed by atoms with Crippen molar-refractivity contribution in [3.8, 4) is 0 Å². The minimum atomic E-state index is 0.530. The Labute approximate surface area is 94.7 Å². The highest BCUT2D eigenvalue weighted by Crippen LogP contribution is 2.22. The molecule has 0 saturated carbocycles. The number of aryl methyl sites for hydroxylation is 1. The van der Waals surface area contributed by atoms with Gasteiger partial charge in [-0.15, -0.1) is 10.2 Å². The van der Waals surface area contributed by atoms with Crippen molar-refractivity contribution < 1.29 is 0 Å². The van der Waals surface area contributed by atoms with Crippen LogP contribution < -0.4 is 5.32 Å². The number of nitrogens with zero attached hydrogens (tertiary/aromatic N) is 3. The zero-order chi connectivity index (χ0) is 10.8. The first-order chi connectivity index (χ1) is 7.19. The van der Waals surface area contributed by atoms with Gasteiger partial charge in [0.15, 0.2) is 0 Å². The van der Waals surface area contributed by atoms with E-state index in [9.17, 15) is 0 Å². The number of nitrogens with one attached hydrogen (secondary N) is 1. The monoisotopic (exact) mass is 226 g/mol. The summed E-state index contributed by atoms with van der Waals surface area (Å²) in [6, 6.07) is 1.20. The highest BCUT2D eigenvalue weighted by Gasteiger charge is 2.26. The van der Waals surface area contributed by atoms with E-state index in [0.717, 1.165) is 23.1 Å². The van der Waals surface area contributed by atoms with E-state index in [1.165, 1.54) is 6.42 Å². The van der Waals surface area contributed by atoms with E-state index in [1.54, 1.807) is 11.3 Å². The molecule has 15 heavy (non-hydrogen) atoms. The van der Waals surface area contributed by atoms with Crippen molar-refractivity contribution in [2.75, 3.05) is 18.9 Å². The molecule has 1 aliphatic rings. The van der Waals surface area contributed by atoms with E-state index in [-0.39, 0.29) is 0 Å². The third-order valence-corrected chi connectivity index (χ3v) is 3.98. The zero-order valence-electron chi connectivity index (χ0n) is 9.53. The summed E-state index contributed by atoms with van der Waals surface area (Å²) in [7, 11) is 2.17. The summed E-state index contributed by atoms with van der Waals surface area (Å²) >= 11 is 1.67. The van der Waals surface area contributed by atoms with Gasteiger partial charge in [-0.25, -0.2) is 0 Å². The molecule has 84 valence electrons. The van der Waals surface area contributed by atoms with Crippen LogP contribution in [-0.4, -0.2) is 40.8 Å². The van der Waals surface area contributed by atoms with Crippen LogP contribution in [0.25, 0.3) is 0 Å². The summed E-state index contributed by atoms with van der Waals surface area (Å²) in [5, 5.41) is 13.8. The zero-order valence-corrected chi connectivity index (χ0v) is 10.3. The molecule has 1 N–H and O–H groups in total. The van der Waals surface area contributed by atoms with E-state index in [2.05, 4.69) is 41.3 Å². The van der Waals surface area contributed by atoms with Crippen LogP contribution >= 0.6 is 11.3 Å². The van der Waals surface area contributed by atoms with Crippen LogP contribution in [0.4, 0.5) is 5.13 Å². The molecule has 2 rings (SSSR count). The first-order valence-corrected chi connectivity index (χ1v) is 6.30. The second-order valence-electron chi connectivity index (χ2n) is 4.22. The lowest BCUT2D eigenvalue weighted by Crippen LogP contribution is -2.24. The Kier molecular flexibility index (Phi) is 3.21. The van der Waals surface area contributed by atoms with Gasteiger partial charge in [0, 0.05) is 18.6 Å². The third-order valence-electron chi connectivity index (χ3n) is 2.98. The van der Waals surface area contributed by atoms with Crippen molar-refractivity contribution >= 4 is 16.5 Å². The summed E-state index contributed by atoms with van der Waals surface area (Å²) in [6.07, 6.45) is 2.16. The van der Waals surface area contributed by atoms with Crippen molar-refractivity contribution in [3.63, 3.8) is 0 Å². The van der Waals surface area contributed by atoms with Crippen LogP contribution in [0.5, 0.6) is 0 Å². The van der Waals surface area contributed by atoms with Crippen LogP contribution in [0.3, 0.4) is 0 Å². The SMILES string of the molecule is CCc1nnc(NC2CC(C)N(C)C2)s1. The molecule has 1 aromatic heterocycles. The van der Waals surface area contributed by atoms with Crippen LogP contribution in [0.2, 0.25) is 0 Å². The standard InChI is InChI=1S/C10H18N4S/c1-4-9-12-13-10(15-9)11-8-5-7(2)14(3)6-8/h7-8H,4-6H2,1-3H3,(H,11,13). The lowest BCUT2D eigenvalue weighted by atomic mass is 10.2. The predicted octanol–water partition coefficient (Wildman–Crippen LogP) is 1.61. The number of hydrogen-bond acceptors (Lipinski definition) is 5. The Morgan fingerprint density at radius 3 is 2.87 bits per heavy atom. The van der Waals surface area contributed by atoms with Crippen LogP contribution in [-0.2, 0) is 6.42 Å². The van der Waals surface area contributed by atoms with Crippen molar-refractivity contribution in [3.05, 3.63) is 5.01 Å². The van der Waals surface area contributed by atoms with Gasteiger partial charge in [0.1, 0.15) is 5.01 Å². The Balaban J connectivity index is 1.92. The quantitative estimate of drug-likeness (QED) is 0.850. The van der Waals surface area contributed by atoms with E-state index in [4.69, 9.17) is 0 Å². The normalized spacial score (nSPS) is 27.1. The highest BCUT2D eigenvalue weighted by molar-refractivity contribution is 7.15. The number of hydrogen-bond donors (Lipinski definition) is 1. The molecule has 2 atom stereocenters. The molecule has 0 spiro atoms. The van der Waals surface area contributed by atoms with Gasteiger partial charge in [-0.3, -0.25) is 0 Å². The molecule has 5 heteroatoms. The number of likely N-dealkylation sites (tertiary alicyclic amines) is 1. The summed E-state index contributed by atoms with van der Waals surface area (Å²) in [6.45, 7) is 5.47. The Bertz CT molecular complexity index is 315. The largest absolute Gasteiger partial charge is 0.356 e. The molecule has 4 nitrogen and oxygen atoms in total. The molecular formula is C10H18N4S. The molecule has 0 aromatic carbocycles. The first-order valence-electron chi connectivity index (χ1n) is 5.48. The van der Waals surface area contributed by atoms with Crippen LogP contribution in [0.15, 0.2) is 0 Å². The van der Waals surface area contributed by atoms with Gasteiger partial charge < -0.3 is 10.2 Å². The molecule has 0 radical (unpaired) electrons. The topological polar surface area (TPSA) is 41.1 Å². The maximum absolute atomic E-state index is 4.14. The minimum Gasteiger partial charge on any atom is -0.356 e. The molecular weight excluding hydrogens is 208 g/mol. The van der Waals surface area contributed by atoms with E-state index in [0.29, 0.717) is 12.1 Å². The highest BCUT2D eigenvalue weighted by atomic mass is 32.1. The number of aromatic nitrogens is 2. The molecule has 1 fully saturated rings. The van der Waals surface area contributed by atoms with Crippen LogP contribution in [0.1, 0.15) is 25.3 Å². The predicted molar refractivity (Wildman–Crippen MR) is 63.4 cm³/mol. The van der Waals surface area contributed by atoms with Crippen molar-refractivity contribution in [1.29, 1.82) is 0 Å². The van der Waals surface area contributed by atoms with Crippen LogP contribution in [0, 0.1) is 0 Å². The van der Waals surface area contributed by atoms with Gasteiger partial charge in [0.2, 0.25) is 5.13 Å². The Hall–Kier alpha value is -0.680.